The number of ether oxygens (including phenoxy) is 2. The number of aromatic nitrogens is 3. The molecule has 1 aromatic carbocycles. The number of aryl methyl sites for hydroxylation is 1. The minimum absolute atomic E-state index is 0.490. The highest BCUT2D eigenvalue weighted by Crippen LogP contribution is 2.29. The standard InChI is InChI=1S/C25H35N5O2/c1-18(2)29(19-10-16-32-17-11-19)13-6-7-14-30-22(12-15-31-3)28-23-24(30)20-8-4-5-9-21(20)27-25(23)26/h4-5,8-9,19H,1,6-7,10-17H2,2-3H3,(H2,26,27). The maximum absolute atomic E-state index is 6.30. The molecule has 1 aliphatic heterocycles. The number of para-hydroxylation sites is 1. The molecule has 0 atom stereocenters. The number of nitrogen functional groups attached to an aromatic ring is 1. The Kier molecular flexibility index (Phi) is 7.27. The molecular weight excluding hydrogens is 402 g/mol. The number of fused-ring (bicyclic) bond motifs is 3. The first-order chi connectivity index (χ1) is 15.6. The van der Waals surface area contributed by atoms with Crippen LogP contribution in [0.1, 0.15) is 38.4 Å². The van der Waals surface area contributed by atoms with Gasteiger partial charge in [-0.2, -0.15) is 0 Å². The third kappa shape index (κ3) is 4.74. The van der Waals surface area contributed by atoms with Crippen molar-refractivity contribution in [2.75, 3.05) is 39.2 Å². The van der Waals surface area contributed by atoms with Crippen LogP contribution in [0, 0.1) is 0 Å². The van der Waals surface area contributed by atoms with Crippen molar-refractivity contribution < 1.29 is 9.47 Å². The van der Waals surface area contributed by atoms with Crippen LogP contribution in [-0.4, -0.2) is 59.0 Å². The van der Waals surface area contributed by atoms with Gasteiger partial charge in [-0.3, -0.25) is 0 Å². The number of pyridine rings is 1. The molecule has 2 aromatic heterocycles. The highest BCUT2D eigenvalue weighted by Gasteiger charge is 2.21. The summed E-state index contributed by atoms with van der Waals surface area (Å²) in [5, 5.41) is 1.10. The Labute approximate surface area is 190 Å². The average molecular weight is 438 g/mol. The van der Waals surface area contributed by atoms with Crippen LogP contribution in [-0.2, 0) is 22.4 Å². The first-order valence-corrected chi connectivity index (χ1v) is 11.6. The van der Waals surface area contributed by atoms with Crippen LogP contribution < -0.4 is 5.73 Å². The molecule has 7 nitrogen and oxygen atoms in total. The van der Waals surface area contributed by atoms with E-state index in [1.165, 1.54) is 0 Å². The Bertz CT molecular complexity index is 1070. The average Bonchev–Trinajstić information content (AvgIpc) is 3.17. The number of unbranched alkanes of at least 4 members (excludes halogenated alkanes) is 1. The molecule has 0 saturated carbocycles. The predicted molar refractivity (Wildman–Crippen MR) is 130 cm³/mol. The van der Waals surface area contributed by atoms with E-state index in [0.717, 1.165) is 91.9 Å². The van der Waals surface area contributed by atoms with Gasteiger partial charge in [-0.15, -0.1) is 0 Å². The summed E-state index contributed by atoms with van der Waals surface area (Å²) < 4.78 is 13.2. The van der Waals surface area contributed by atoms with E-state index >= 15 is 0 Å². The van der Waals surface area contributed by atoms with E-state index in [1.54, 1.807) is 7.11 Å². The van der Waals surface area contributed by atoms with Crippen LogP contribution in [0.15, 0.2) is 36.5 Å². The molecule has 4 rings (SSSR count). The number of nitrogens with zero attached hydrogens (tertiary/aromatic N) is 4. The number of allylic oxidation sites excluding steroid dienone is 1. The van der Waals surface area contributed by atoms with E-state index in [2.05, 4.69) is 34.0 Å². The third-order valence-electron chi connectivity index (χ3n) is 6.37. The van der Waals surface area contributed by atoms with Gasteiger partial charge in [-0.05, 0) is 38.7 Å². The van der Waals surface area contributed by atoms with Crippen LogP contribution >= 0.6 is 0 Å². The minimum atomic E-state index is 0.490. The summed E-state index contributed by atoms with van der Waals surface area (Å²) in [7, 11) is 1.72. The molecular formula is C25H35N5O2. The van der Waals surface area contributed by atoms with E-state index in [9.17, 15) is 0 Å². The molecule has 1 fully saturated rings. The second kappa shape index (κ2) is 10.3. The van der Waals surface area contributed by atoms with E-state index in [4.69, 9.17) is 20.2 Å². The monoisotopic (exact) mass is 437 g/mol. The van der Waals surface area contributed by atoms with Crippen molar-refractivity contribution >= 4 is 27.8 Å². The zero-order valence-electron chi connectivity index (χ0n) is 19.3. The SMILES string of the molecule is C=C(C)N(CCCCn1c(CCOC)nc2c(N)nc3ccccc3c21)C1CCOCC1. The molecule has 0 radical (unpaired) electrons. The molecule has 3 aromatic rings. The molecule has 0 aliphatic carbocycles. The van der Waals surface area contributed by atoms with Gasteiger partial charge >= 0.3 is 0 Å². The van der Waals surface area contributed by atoms with Gasteiger partial charge in [0.15, 0.2) is 5.82 Å². The van der Waals surface area contributed by atoms with E-state index in [1.807, 2.05) is 18.2 Å². The summed E-state index contributed by atoms with van der Waals surface area (Å²) in [6, 6.07) is 8.70. The summed E-state index contributed by atoms with van der Waals surface area (Å²) in [5.41, 5.74) is 10.2. The van der Waals surface area contributed by atoms with Crippen molar-refractivity contribution in [3.63, 3.8) is 0 Å². The fourth-order valence-electron chi connectivity index (χ4n) is 4.76. The summed E-state index contributed by atoms with van der Waals surface area (Å²) >= 11 is 0. The van der Waals surface area contributed by atoms with E-state index in [-0.39, 0.29) is 0 Å². The summed E-state index contributed by atoms with van der Waals surface area (Å²) in [4.78, 5) is 11.9. The van der Waals surface area contributed by atoms with Crippen LogP contribution in [0.4, 0.5) is 5.82 Å². The van der Waals surface area contributed by atoms with Crippen molar-refractivity contribution in [3.05, 3.63) is 42.4 Å². The number of rotatable bonds is 10. The second-order valence-electron chi connectivity index (χ2n) is 8.61. The topological polar surface area (TPSA) is 78.4 Å². The normalized spacial score (nSPS) is 14.9. The maximum Gasteiger partial charge on any atom is 0.152 e. The van der Waals surface area contributed by atoms with Crippen molar-refractivity contribution in [1.29, 1.82) is 0 Å². The van der Waals surface area contributed by atoms with Crippen LogP contribution in [0.25, 0.3) is 21.9 Å². The summed E-state index contributed by atoms with van der Waals surface area (Å²) in [6.45, 7) is 10.6. The minimum Gasteiger partial charge on any atom is -0.384 e. The quantitative estimate of drug-likeness (QED) is 0.480. The van der Waals surface area contributed by atoms with Crippen molar-refractivity contribution in [2.45, 2.75) is 51.6 Å². The zero-order chi connectivity index (χ0) is 22.5. The number of imidazole rings is 1. The van der Waals surface area contributed by atoms with E-state index in [0.29, 0.717) is 18.5 Å². The Hall–Kier alpha value is -2.64. The van der Waals surface area contributed by atoms with Crippen molar-refractivity contribution in [3.8, 4) is 0 Å². The van der Waals surface area contributed by atoms with E-state index < -0.39 is 0 Å². The van der Waals surface area contributed by atoms with Gasteiger partial charge in [0.25, 0.3) is 0 Å². The van der Waals surface area contributed by atoms with Gasteiger partial charge in [0.2, 0.25) is 0 Å². The van der Waals surface area contributed by atoms with Gasteiger partial charge in [0, 0.05) is 57.0 Å². The largest absolute Gasteiger partial charge is 0.384 e. The molecule has 0 amide bonds. The number of anilines is 1. The molecule has 1 aliphatic rings. The third-order valence-corrected chi connectivity index (χ3v) is 6.37. The smallest absolute Gasteiger partial charge is 0.152 e. The second-order valence-corrected chi connectivity index (χ2v) is 8.61. The Balaban J connectivity index is 1.55. The van der Waals surface area contributed by atoms with Crippen LogP contribution in [0.3, 0.4) is 0 Å². The fourth-order valence-corrected chi connectivity index (χ4v) is 4.76. The van der Waals surface area contributed by atoms with Gasteiger partial charge < -0.3 is 24.7 Å². The number of nitrogens with two attached hydrogens (primary N) is 1. The zero-order valence-corrected chi connectivity index (χ0v) is 19.3. The highest BCUT2D eigenvalue weighted by molar-refractivity contribution is 6.06. The molecule has 3 heterocycles. The van der Waals surface area contributed by atoms with Crippen LogP contribution in [0.2, 0.25) is 0 Å². The van der Waals surface area contributed by atoms with Crippen molar-refractivity contribution in [1.82, 2.24) is 19.4 Å². The molecule has 32 heavy (non-hydrogen) atoms. The van der Waals surface area contributed by atoms with Gasteiger partial charge in [0.1, 0.15) is 11.3 Å². The summed E-state index contributed by atoms with van der Waals surface area (Å²) in [6.07, 6.45) is 5.05. The lowest BCUT2D eigenvalue weighted by Crippen LogP contribution is -2.38. The Morgan fingerprint density at radius 2 is 2.03 bits per heavy atom. The lowest BCUT2D eigenvalue weighted by molar-refractivity contribution is 0.0452. The fraction of sp³-hybridized carbons (Fsp3) is 0.520. The first-order valence-electron chi connectivity index (χ1n) is 11.6. The molecule has 1 saturated heterocycles. The molecule has 0 spiro atoms. The number of methoxy groups -OCH3 is 1. The first kappa shape index (κ1) is 22.6. The number of benzene rings is 1. The highest BCUT2D eigenvalue weighted by atomic mass is 16.5. The molecule has 0 bridgehead atoms. The van der Waals surface area contributed by atoms with Gasteiger partial charge in [0.05, 0.1) is 17.6 Å². The molecule has 0 unspecified atom stereocenters. The van der Waals surface area contributed by atoms with Crippen molar-refractivity contribution in [2.24, 2.45) is 0 Å². The van der Waals surface area contributed by atoms with Gasteiger partial charge in [-0.25, -0.2) is 9.97 Å². The lowest BCUT2D eigenvalue weighted by Gasteiger charge is -2.36. The maximum atomic E-state index is 6.30. The summed E-state index contributed by atoms with van der Waals surface area (Å²) in [5.74, 6) is 1.50. The Morgan fingerprint density at radius 1 is 1.25 bits per heavy atom. The lowest BCUT2D eigenvalue weighted by atomic mass is 10.1. The molecule has 2 N–H and O–H groups in total. The molecule has 172 valence electrons. The predicted octanol–water partition coefficient (Wildman–Crippen LogP) is 4.15. The van der Waals surface area contributed by atoms with Gasteiger partial charge in [-0.1, -0.05) is 24.8 Å². The molecule has 7 heteroatoms. The number of hydrogen-bond donors (Lipinski definition) is 1. The number of hydrogen-bond acceptors (Lipinski definition) is 6. The van der Waals surface area contributed by atoms with Crippen LogP contribution in [0.5, 0.6) is 0 Å². The Morgan fingerprint density at radius 3 is 2.78 bits per heavy atom.